The monoisotopic (exact) mass is 246 g/mol. The van der Waals surface area contributed by atoms with Crippen molar-refractivity contribution >= 4 is 22.8 Å². The van der Waals surface area contributed by atoms with Crippen molar-refractivity contribution in [3.8, 4) is 0 Å². The number of H-pyrrole nitrogens is 1. The molecule has 18 heavy (non-hydrogen) atoms. The highest BCUT2D eigenvalue weighted by Gasteiger charge is 2.29. The number of benzene rings is 1. The van der Waals surface area contributed by atoms with Crippen molar-refractivity contribution in [2.24, 2.45) is 0 Å². The van der Waals surface area contributed by atoms with E-state index in [-0.39, 0.29) is 0 Å². The van der Waals surface area contributed by atoms with Crippen LogP contribution in [0, 0.1) is 0 Å². The van der Waals surface area contributed by atoms with Gasteiger partial charge < -0.3 is 15.4 Å². The zero-order chi connectivity index (χ0) is 13.3. The van der Waals surface area contributed by atoms with Crippen LogP contribution in [0.4, 0.5) is 0 Å². The topological polar surface area (TPSA) is 82.2 Å². The van der Waals surface area contributed by atoms with Gasteiger partial charge in [0.15, 0.2) is 0 Å². The zero-order valence-electron chi connectivity index (χ0n) is 10.2. The summed E-state index contributed by atoms with van der Waals surface area (Å²) < 4.78 is 0. The minimum atomic E-state index is -1.29. The summed E-state index contributed by atoms with van der Waals surface area (Å²) in [6.45, 7) is 2.89. The molecule has 0 saturated heterocycles. The molecule has 0 radical (unpaired) electrons. The summed E-state index contributed by atoms with van der Waals surface area (Å²) in [6, 6.07) is 7.08. The number of hydrogen-bond acceptors (Lipinski definition) is 2. The SMILES string of the molecule is CC(C)(NC(=O)c1ccc2cc[nH]c2c1)C(=O)O. The lowest BCUT2D eigenvalue weighted by Crippen LogP contribution is -2.49. The number of aliphatic carboxylic acids is 1. The normalized spacial score (nSPS) is 11.4. The van der Waals surface area contributed by atoms with Gasteiger partial charge in [-0.3, -0.25) is 4.79 Å². The summed E-state index contributed by atoms with van der Waals surface area (Å²) in [7, 11) is 0. The lowest BCUT2D eigenvalue weighted by atomic mass is 10.0. The van der Waals surface area contributed by atoms with Gasteiger partial charge in [-0.25, -0.2) is 4.79 Å². The number of carbonyl (C=O) groups is 2. The highest BCUT2D eigenvalue weighted by atomic mass is 16.4. The van der Waals surface area contributed by atoms with Gasteiger partial charge in [0.05, 0.1) is 0 Å². The Hall–Kier alpha value is -2.30. The van der Waals surface area contributed by atoms with Crippen molar-refractivity contribution in [1.29, 1.82) is 0 Å². The molecule has 0 saturated carbocycles. The molecule has 94 valence electrons. The lowest BCUT2D eigenvalue weighted by molar-refractivity contribution is -0.143. The first-order valence-corrected chi connectivity index (χ1v) is 5.53. The number of carbonyl (C=O) groups excluding carboxylic acids is 1. The summed E-state index contributed by atoms with van der Waals surface area (Å²) in [6.07, 6.45) is 1.79. The summed E-state index contributed by atoms with van der Waals surface area (Å²) in [4.78, 5) is 25.9. The van der Waals surface area contributed by atoms with Crippen LogP contribution in [0.3, 0.4) is 0 Å². The molecule has 2 aromatic rings. The molecule has 0 aliphatic carbocycles. The Kier molecular flexibility index (Phi) is 2.82. The molecule has 3 N–H and O–H groups in total. The smallest absolute Gasteiger partial charge is 0.328 e. The summed E-state index contributed by atoms with van der Waals surface area (Å²) >= 11 is 0. The third kappa shape index (κ3) is 2.20. The molecule has 2 rings (SSSR count). The van der Waals surface area contributed by atoms with Gasteiger partial charge in [-0.2, -0.15) is 0 Å². The highest BCUT2D eigenvalue weighted by molar-refractivity contribution is 6.00. The van der Waals surface area contributed by atoms with Gasteiger partial charge in [0.2, 0.25) is 0 Å². The van der Waals surface area contributed by atoms with Crippen molar-refractivity contribution in [3.63, 3.8) is 0 Å². The first-order valence-electron chi connectivity index (χ1n) is 5.53. The fraction of sp³-hybridized carbons (Fsp3) is 0.231. The number of amides is 1. The Morgan fingerprint density at radius 3 is 2.67 bits per heavy atom. The van der Waals surface area contributed by atoms with Crippen molar-refractivity contribution in [1.82, 2.24) is 10.3 Å². The Labute approximate surface area is 104 Å². The van der Waals surface area contributed by atoms with E-state index in [1.54, 1.807) is 18.3 Å². The van der Waals surface area contributed by atoms with E-state index in [9.17, 15) is 9.59 Å². The van der Waals surface area contributed by atoms with E-state index in [0.717, 1.165) is 10.9 Å². The standard InChI is InChI=1S/C13H14N2O3/c1-13(2,12(17)18)15-11(16)9-4-3-8-5-6-14-10(8)7-9/h3-7,14H,1-2H3,(H,15,16)(H,17,18). The van der Waals surface area contributed by atoms with Crippen LogP contribution in [0.15, 0.2) is 30.5 Å². The van der Waals surface area contributed by atoms with E-state index in [1.165, 1.54) is 13.8 Å². The predicted molar refractivity (Wildman–Crippen MR) is 67.5 cm³/mol. The molecule has 0 aliphatic rings. The van der Waals surface area contributed by atoms with E-state index >= 15 is 0 Å². The molecule has 0 aliphatic heterocycles. The van der Waals surface area contributed by atoms with Crippen LogP contribution < -0.4 is 5.32 Å². The number of fused-ring (bicyclic) bond motifs is 1. The molecule has 5 heteroatoms. The molecule has 0 atom stereocenters. The van der Waals surface area contributed by atoms with Crippen molar-refractivity contribution < 1.29 is 14.7 Å². The highest BCUT2D eigenvalue weighted by Crippen LogP contribution is 2.15. The number of aromatic amines is 1. The number of hydrogen-bond donors (Lipinski definition) is 3. The average Bonchev–Trinajstić information content (AvgIpc) is 2.74. The van der Waals surface area contributed by atoms with Gasteiger partial charge in [0.25, 0.3) is 5.91 Å². The minimum absolute atomic E-state index is 0.404. The van der Waals surface area contributed by atoms with Gasteiger partial charge in [0.1, 0.15) is 5.54 Å². The largest absolute Gasteiger partial charge is 0.480 e. The quantitative estimate of drug-likeness (QED) is 0.771. The second kappa shape index (κ2) is 4.18. The van der Waals surface area contributed by atoms with Gasteiger partial charge in [0, 0.05) is 17.3 Å². The van der Waals surface area contributed by atoms with Crippen LogP contribution in [-0.2, 0) is 4.79 Å². The summed E-state index contributed by atoms with van der Waals surface area (Å²) in [5.74, 6) is -1.48. The fourth-order valence-corrected chi connectivity index (χ4v) is 1.60. The van der Waals surface area contributed by atoms with Crippen molar-refractivity contribution in [2.45, 2.75) is 19.4 Å². The molecule has 1 heterocycles. The summed E-state index contributed by atoms with van der Waals surface area (Å²) in [5.41, 5.74) is -0.0167. The molecule has 0 fully saturated rings. The molecule has 1 aromatic carbocycles. The van der Waals surface area contributed by atoms with Gasteiger partial charge in [-0.1, -0.05) is 6.07 Å². The van der Waals surface area contributed by atoms with E-state index in [1.807, 2.05) is 12.1 Å². The number of carboxylic acids is 1. The second-order valence-electron chi connectivity index (χ2n) is 4.66. The molecular weight excluding hydrogens is 232 g/mol. The van der Waals surface area contributed by atoms with Crippen molar-refractivity contribution in [2.75, 3.05) is 0 Å². The van der Waals surface area contributed by atoms with Gasteiger partial charge in [-0.15, -0.1) is 0 Å². The third-order valence-electron chi connectivity index (χ3n) is 2.78. The summed E-state index contributed by atoms with van der Waals surface area (Å²) in [5, 5.41) is 12.4. The Bertz CT molecular complexity index is 613. The van der Waals surface area contributed by atoms with Crippen molar-refractivity contribution in [3.05, 3.63) is 36.0 Å². The Morgan fingerprint density at radius 2 is 2.00 bits per heavy atom. The zero-order valence-corrected chi connectivity index (χ0v) is 10.2. The van der Waals surface area contributed by atoms with Gasteiger partial charge in [-0.05, 0) is 37.4 Å². The van der Waals surface area contributed by atoms with Crippen LogP contribution in [0.2, 0.25) is 0 Å². The molecule has 1 amide bonds. The van der Waals surface area contributed by atoms with Crippen LogP contribution in [-0.4, -0.2) is 27.5 Å². The number of rotatable bonds is 3. The third-order valence-corrected chi connectivity index (χ3v) is 2.78. The van der Waals surface area contributed by atoms with Crippen LogP contribution >= 0.6 is 0 Å². The first-order chi connectivity index (χ1) is 8.40. The average molecular weight is 246 g/mol. The molecule has 0 bridgehead atoms. The lowest BCUT2D eigenvalue weighted by Gasteiger charge is -2.20. The number of nitrogens with one attached hydrogen (secondary N) is 2. The second-order valence-corrected chi connectivity index (χ2v) is 4.66. The number of aromatic nitrogens is 1. The van der Waals surface area contributed by atoms with Crippen LogP contribution in [0.5, 0.6) is 0 Å². The van der Waals surface area contributed by atoms with E-state index in [4.69, 9.17) is 5.11 Å². The molecular formula is C13H14N2O3. The maximum Gasteiger partial charge on any atom is 0.328 e. The van der Waals surface area contributed by atoms with E-state index in [0.29, 0.717) is 5.56 Å². The predicted octanol–water partition coefficient (Wildman–Crippen LogP) is 1.76. The Balaban J connectivity index is 2.25. The number of carboxylic acid groups (broad SMARTS) is 1. The van der Waals surface area contributed by atoms with E-state index in [2.05, 4.69) is 10.3 Å². The van der Waals surface area contributed by atoms with E-state index < -0.39 is 17.4 Å². The molecule has 5 nitrogen and oxygen atoms in total. The fourth-order valence-electron chi connectivity index (χ4n) is 1.60. The first kappa shape index (κ1) is 12.2. The maximum absolute atomic E-state index is 11.9. The molecule has 0 unspecified atom stereocenters. The molecule has 1 aromatic heterocycles. The minimum Gasteiger partial charge on any atom is -0.480 e. The van der Waals surface area contributed by atoms with Crippen LogP contribution in [0.1, 0.15) is 24.2 Å². The Morgan fingerprint density at radius 1 is 1.28 bits per heavy atom. The van der Waals surface area contributed by atoms with Gasteiger partial charge >= 0.3 is 5.97 Å². The maximum atomic E-state index is 11.9. The van der Waals surface area contributed by atoms with Crippen LogP contribution in [0.25, 0.3) is 10.9 Å². The molecule has 0 spiro atoms.